The predicted octanol–water partition coefficient (Wildman–Crippen LogP) is 3.22. The molecule has 0 saturated carbocycles. The highest BCUT2D eigenvalue weighted by Gasteiger charge is 2.38. The van der Waals surface area contributed by atoms with Crippen LogP contribution in [0.25, 0.3) is 0 Å². The van der Waals surface area contributed by atoms with E-state index in [1.807, 2.05) is 12.1 Å². The lowest BCUT2D eigenvalue weighted by atomic mass is 10.2. The molecule has 0 aromatic heterocycles. The molecule has 1 heterocycles. The van der Waals surface area contributed by atoms with E-state index in [1.54, 1.807) is 19.1 Å². The van der Waals surface area contributed by atoms with Gasteiger partial charge in [-0.3, -0.25) is 14.4 Å². The van der Waals surface area contributed by atoms with Crippen molar-refractivity contribution in [2.24, 2.45) is 15.3 Å². The van der Waals surface area contributed by atoms with Crippen LogP contribution in [0, 0.1) is 3.57 Å². The molecule has 0 spiro atoms. The molecule has 0 radical (unpaired) electrons. The number of halogens is 1. The van der Waals surface area contributed by atoms with Crippen molar-refractivity contribution in [3.05, 3.63) is 57.7 Å². The van der Waals surface area contributed by atoms with E-state index in [2.05, 4.69) is 43.2 Å². The number of hydrogen-bond donors (Lipinski definition) is 2. The van der Waals surface area contributed by atoms with Crippen LogP contribution in [0.15, 0.2) is 63.9 Å². The second-order valence-corrected chi connectivity index (χ2v) is 7.73. The molecule has 1 aliphatic rings. The summed E-state index contributed by atoms with van der Waals surface area (Å²) >= 11 is 2.15. The first-order chi connectivity index (χ1) is 14.7. The molecule has 1 unspecified atom stereocenters. The first kappa shape index (κ1) is 22.2. The topological polar surface area (TPSA) is 141 Å². The summed E-state index contributed by atoms with van der Waals surface area (Å²) in [6.45, 7) is 1.55. The molecular formula is C20H16IN5O5. The monoisotopic (exact) mass is 533 g/mol. The molecule has 2 aromatic rings. The molecule has 1 aliphatic heterocycles. The Kier molecular flexibility index (Phi) is 6.84. The number of aromatic carboxylic acids is 1. The molecule has 2 aromatic carbocycles. The number of rotatable bonds is 6. The average molecular weight is 533 g/mol. The Morgan fingerprint density at radius 2 is 1.77 bits per heavy atom. The Morgan fingerprint density at radius 1 is 1.13 bits per heavy atom. The lowest BCUT2D eigenvalue weighted by molar-refractivity contribution is -0.144. The fourth-order valence-corrected chi connectivity index (χ4v) is 2.97. The van der Waals surface area contributed by atoms with Crippen molar-refractivity contribution in [3.8, 4) is 0 Å². The second kappa shape index (κ2) is 9.55. The van der Waals surface area contributed by atoms with Crippen LogP contribution in [0.3, 0.4) is 0 Å². The fourth-order valence-electron chi connectivity index (χ4n) is 2.61. The molecule has 3 rings (SSSR count). The normalized spacial score (nSPS) is 15.8. The number of carboxylic acid groups (broad SMARTS) is 1. The molecular weight excluding hydrogens is 517 g/mol. The van der Waals surface area contributed by atoms with E-state index in [-0.39, 0.29) is 11.3 Å². The standard InChI is InChI=1S/C20H16IN5O5/c1-11-18(24-23-15-8-4-13(21)5-9-15)19(29)26(25-11)17(28)10-16(27)22-14-6-2-12(3-7-14)20(30)31/h2-9,18H,10H2,1H3,(H,22,27)(H,30,31). The van der Waals surface area contributed by atoms with Crippen molar-refractivity contribution in [1.82, 2.24) is 5.01 Å². The number of nitrogens with zero attached hydrogens (tertiary/aromatic N) is 4. The first-order valence-corrected chi connectivity index (χ1v) is 10.0. The van der Waals surface area contributed by atoms with E-state index in [0.29, 0.717) is 16.4 Å². The number of nitrogens with one attached hydrogen (secondary N) is 1. The van der Waals surface area contributed by atoms with Gasteiger partial charge >= 0.3 is 5.97 Å². The highest BCUT2D eigenvalue weighted by atomic mass is 127. The molecule has 0 saturated heterocycles. The van der Waals surface area contributed by atoms with E-state index in [1.165, 1.54) is 24.3 Å². The summed E-state index contributed by atoms with van der Waals surface area (Å²) in [5.41, 5.74) is 1.22. The van der Waals surface area contributed by atoms with Crippen LogP contribution >= 0.6 is 22.6 Å². The lowest BCUT2D eigenvalue weighted by Crippen LogP contribution is -2.36. The maximum atomic E-state index is 12.5. The molecule has 1 atom stereocenters. The summed E-state index contributed by atoms with van der Waals surface area (Å²) in [7, 11) is 0. The Morgan fingerprint density at radius 3 is 2.39 bits per heavy atom. The number of imide groups is 1. The molecule has 0 bridgehead atoms. The quantitative estimate of drug-likeness (QED) is 0.333. The van der Waals surface area contributed by atoms with Gasteiger partial charge in [0, 0.05) is 9.26 Å². The molecule has 11 heteroatoms. The molecule has 158 valence electrons. The average Bonchev–Trinajstić information content (AvgIpc) is 3.01. The number of hydrazone groups is 1. The Hall–Kier alpha value is -3.48. The first-order valence-electron chi connectivity index (χ1n) is 8.96. The van der Waals surface area contributed by atoms with Gasteiger partial charge in [-0.2, -0.15) is 20.3 Å². The zero-order valence-corrected chi connectivity index (χ0v) is 18.3. The molecule has 31 heavy (non-hydrogen) atoms. The third-order valence-electron chi connectivity index (χ3n) is 4.18. The Labute approximate surface area is 190 Å². The van der Waals surface area contributed by atoms with Crippen molar-refractivity contribution in [2.75, 3.05) is 5.32 Å². The highest BCUT2D eigenvalue weighted by Crippen LogP contribution is 2.19. The largest absolute Gasteiger partial charge is 0.478 e. The van der Waals surface area contributed by atoms with Crippen molar-refractivity contribution >= 4 is 63.4 Å². The second-order valence-electron chi connectivity index (χ2n) is 6.49. The van der Waals surface area contributed by atoms with Crippen LogP contribution < -0.4 is 5.32 Å². The van der Waals surface area contributed by atoms with Crippen LogP contribution in [0.1, 0.15) is 23.7 Å². The SMILES string of the molecule is CC1=NN(C(=O)CC(=O)Nc2ccc(C(=O)O)cc2)C(=O)C1N=Nc1ccc(I)cc1. The summed E-state index contributed by atoms with van der Waals surface area (Å²) in [4.78, 5) is 47.9. The molecule has 0 aliphatic carbocycles. The Bertz CT molecular complexity index is 1100. The van der Waals surface area contributed by atoms with E-state index >= 15 is 0 Å². The minimum atomic E-state index is -1.09. The third-order valence-corrected chi connectivity index (χ3v) is 4.89. The number of amides is 3. The van der Waals surface area contributed by atoms with Crippen molar-refractivity contribution in [2.45, 2.75) is 19.4 Å². The molecule has 2 N–H and O–H groups in total. The predicted molar refractivity (Wildman–Crippen MR) is 119 cm³/mol. The van der Waals surface area contributed by atoms with Gasteiger partial charge in [0.25, 0.3) is 11.8 Å². The van der Waals surface area contributed by atoms with Gasteiger partial charge in [-0.1, -0.05) is 0 Å². The van der Waals surface area contributed by atoms with Gasteiger partial charge < -0.3 is 10.4 Å². The van der Waals surface area contributed by atoms with Gasteiger partial charge in [-0.05, 0) is 78.0 Å². The van der Waals surface area contributed by atoms with Crippen molar-refractivity contribution in [3.63, 3.8) is 0 Å². The van der Waals surface area contributed by atoms with Crippen molar-refractivity contribution < 1.29 is 24.3 Å². The maximum Gasteiger partial charge on any atom is 0.335 e. The van der Waals surface area contributed by atoms with Crippen LogP contribution in [0.5, 0.6) is 0 Å². The lowest BCUT2D eigenvalue weighted by Gasteiger charge is -2.11. The van der Waals surface area contributed by atoms with Crippen LogP contribution in [0.2, 0.25) is 0 Å². The zero-order chi connectivity index (χ0) is 22.5. The van der Waals surface area contributed by atoms with Gasteiger partial charge in [0.1, 0.15) is 6.42 Å². The van der Waals surface area contributed by atoms with Gasteiger partial charge in [-0.25, -0.2) is 4.79 Å². The molecule has 0 fully saturated rings. The number of carboxylic acids is 1. The van der Waals surface area contributed by atoms with Crippen molar-refractivity contribution in [1.29, 1.82) is 0 Å². The summed E-state index contributed by atoms with van der Waals surface area (Å²) in [5.74, 6) is -3.26. The van der Waals surface area contributed by atoms with E-state index in [9.17, 15) is 19.2 Å². The minimum absolute atomic E-state index is 0.0620. The van der Waals surface area contributed by atoms with Crippen LogP contribution in [-0.2, 0) is 14.4 Å². The summed E-state index contributed by atoms with van der Waals surface area (Å²) in [5, 5.41) is 23.9. The number of hydrogen-bond acceptors (Lipinski definition) is 7. The summed E-state index contributed by atoms with van der Waals surface area (Å²) in [6.07, 6.45) is -0.621. The summed E-state index contributed by atoms with van der Waals surface area (Å²) < 4.78 is 1.03. The number of carbonyl (C=O) groups is 4. The van der Waals surface area contributed by atoms with Gasteiger partial charge in [0.15, 0.2) is 6.04 Å². The minimum Gasteiger partial charge on any atom is -0.478 e. The third kappa shape index (κ3) is 5.57. The number of carbonyl (C=O) groups excluding carboxylic acids is 3. The molecule has 3 amide bonds. The molecule has 10 nitrogen and oxygen atoms in total. The van der Waals surface area contributed by atoms with Crippen LogP contribution in [0.4, 0.5) is 11.4 Å². The van der Waals surface area contributed by atoms with Gasteiger partial charge in [0.05, 0.1) is 17.0 Å². The summed E-state index contributed by atoms with van der Waals surface area (Å²) in [6, 6.07) is 11.6. The number of benzene rings is 2. The van der Waals surface area contributed by atoms with E-state index < -0.39 is 36.2 Å². The zero-order valence-electron chi connectivity index (χ0n) is 16.2. The van der Waals surface area contributed by atoms with E-state index in [0.717, 1.165) is 3.57 Å². The maximum absolute atomic E-state index is 12.5. The smallest absolute Gasteiger partial charge is 0.335 e. The Balaban J connectivity index is 1.60. The van der Waals surface area contributed by atoms with Gasteiger partial charge in [0.2, 0.25) is 5.91 Å². The van der Waals surface area contributed by atoms with E-state index in [4.69, 9.17) is 5.11 Å². The van der Waals surface area contributed by atoms with Gasteiger partial charge in [-0.15, -0.1) is 0 Å². The number of anilines is 1. The van der Waals surface area contributed by atoms with Crippen LogP contribution in [-0.4, -0.2) is 45.6 Å². The number of azo groups is 1. The highest BCUT2D eigenvalue weighted by molar-refractivity contribution is 14.1. The fraction of sp³-hybridized carbons (Fsp3) is 0.150.